The first-order valence-electron chi connectivity index (χ1n) is 8.34. The van der Waals surface area contributed by atoms with Crippen molar-refractivity contribution in [3.8, 4) is 5.75 Å². The third-order valence-electron chi connectivity index (χ3n) is 4.01. The molecule has 1 aromatic heterocycles. The molecule has 6 nitrogen and oxygen atoms in total. The molecule has 0 bridgehead atoms. The minimum absolute atomic E-state index is 0. The number of hydrogen-bond acceptors (Lipinski definition) is 4. The molecule has 0 atom stereocenters. The molecule has 0 aliphatic carbocycles. The fourth-order valence-corrected chi connectivity index (χ4v) is 2.65. The summed E-state index contributed by atoms with van der Waals surface area (Å²) in [5.41, 5.74) is 8.92. The molecule has 0 unspecified atom stereocenters. The summed E-state index contributed by atoms with van der Waals surface area (Å²) in [5.74, 6) is 2.01. The topological polar surface area (TPSA) is 75.8 Å². The number of para-hydroxylation sites is 1. The van der Waals surface area contributed by atoms with Crippen molar-refractivity contribution in [3.05, 3.63) is 60.2 Å². The van der Waals surface area contributed by atoms with Gasteiger partial charge in [-0.1, -0.05) is 24.3 Å². The average Bonchev–Trinajstić information content (AvgIpc) is 2.66. The molecule has 7 heteroatoms. The Kier molecular flexibility index (Phi) is 7.23. The number of aromatic nitrogens is 1. The van der Waals surface area contributed by atoms with Crippen LogP contribution in [-0.4, -0.2) is 32.1 Å². The van der Waals surface area contributed by atoms with E-state index < -0.39 is 0 Å². The zero-order valence-corrected chi connectivity index (χ0v) is 18.0. The largest absolute Gasteiger partial charge is 0.497 e. The Bertz CT molecular complexity index is 943. The first kappa shape index (κ1) is 20.8. The number of aliphatic imine (C=N–C) groups is 1. The molecule has 1 heterocycles. The van der Waals surface area contributed by atoms with Crippen LogP contribution >= 0.6 is 24.0 Å². The number of halogens is 1. The maximum absolute atomic E-state index is 6.06. The van der Waals surface area contributed by atoms with Crippen molar-refractivity contribution >= 4 is 52.3 Å². The third kappa shape index (κ3) is 5.22. The van der Waals surface area contributed by atoms with Crippen molar-refractivity contribution in [3.63, 3.8) is 0 Å². The lowest BCUT2D eigenvalue weighted by molar-refractivity contribution is 0.415. The van der Waals surface area contributed by atoms with E-state index in [4.69, 9.17) is 10.5 Å². The maximum atomic E-state index is 6.06. The molecule has 3 N–H and O–H groups in total. The molecule has 27 heavy (non-hydrogen) atoms. The van der Waals surface area contributed by atoms with Crippen LogP contribution in [0.5, 0.6) is 5.75 Å². The average molecular weight is 477 g/mol. The van der Waals surface area contributed by atoms with Crippen molar-refractivity contribution in [2.75, 3.05) is 31.4 Å². The van der Waals surface area contributed by atoms with Gasteiger partial charge in [-0.15, -0.1) is 24.0 Å². The van der Waals surface area contributed by atoms with E-state index >= 15 is 0 Å². The van der Waals surface area contributed by atoms with Gasteiger partial charge in [-0.25, -0.2) is 9.98 Å². The van der Waals surface area contributed by atoms with Crippen molar-refractivity contribution < 1.29 is 4.74 Å². The Labute approximate surface area is 176 Å². The highest BCUT2D eigenvalue weighted by Crippen LogP contribution is 2.23. The van der Waals surface area contributed by atoms with Crippen LogP contribution in [0.25, 0.3) is 10.9 Å². The molecule has 0 saturated carbocycles. The second kappa shape index (κ2) is 9.40. The fraction of sp³-hybridized carbons (Fsp3) is 0.200. The summed E-state index contributed by atoms with van der Waals surface area (Å²) in [5, 5.41) is 4.17. The number of guanidine groups is 1. The summed E-state index contributed by atoms with van der Waals surface area (Å²) >= 11 is 0. The fourth-order valence-electron chi connectivity index (χ4n) is 2.65. The molecule has 0 amide bonds. The van der Waals surface area contributed by atoms with E-state index in [2.05, 4.69) is 21.4 Å². The van der Waals surface area contributed by atoms with E-state index in [0.29, 0.717) is 12.5 Å². The molecule has 0 aliphatic rings. The first-order valence-corrected chi connectivity index (χ1v) is 8.34. The van der Waals surface area contributed by atoms with Crippen LogP contribution in [0, 0.1) is 0 Å². The lowest BCUT2D eigenvalue weighted by atomic mass is 10.1. The van der Waals surface area contributed by atoms with Crippen molar-refractivity contribution in [1.29, 1.82) is 0 Å². The van der Waals surface area contributed by atoms with Gasteiger partial charge in [0.25, 0.3) is 0 Å². The molecule has 0 aliphatic heterocycles. The standard InChI is InChI=1S/C20H23N5O.HI/c1-25(2)19-11-14(17-9-4-5-10-18(17)24-19)13-22-20(21)23-15-7-6-8-16(12-15)26-3;/h4-12H,13H2,1-3H3,(H3,21,22,23);1H. The number of nitrogens with one attached hydrogen (secondary N) is 1. The van der Waals surface area contributed by atoms with Gasteiger partial charge in [-0.05, 0) is 29.8 Å². The number of nitrogens with zero attached hydrogens (tertiary/aromatic N) is 3. The Morgan fingerprint density at radius 2 is 1.93 bits per heavy atom. The molecule has 0 spiro atoms. The van der Waals surface area contributed by atoms with E-state index in [0.717, 1.165) is 33.7 Å². The quantitative estimate of drug-likeness (QED) is 0.332. The van der Waals surface area contributed by atoms with Crippen LogP contribution in [0.1, 0.15) is 5.56 Å². The molecule has 0 fully saturated rings. The van der Waals surface area contributed by atoms with Gasteiger partial charge >= 0.3 is 0 Å². The van der Waals surface area contributed by atoms with Gasteiger partial charge in [-0.2, -0.15) is 0 Å². The number of hydrogen-bond donors (Lipinski definition) is 2. The molecule has 0 saturated heterocycles. The number of nitrogens with two attached hydrogens (primary N) is 1. The lowest BCUT2D eigenvalue weighted by Crippen LogP contribution is -2.22. The molecular formula is C20H24IN5O. The van der Waals surface area contributed by atoms with Crippen LogP contribution in [-0.2, 0) is 6.54 Å². The van der Waals surface area contributed by atoms with Crippen LogP contribution in [0.2, 0.25) is 0 Å². The summed E-state index contributed by atoms with van der Waals surface area (Å²) in [6, 6.07) is 17.7. The summed E-state index contributed by atoms with van der Waals surface area (Å²) in [4.78, 5) is 11.1. The van der Waals surface area contributed by atoms with Crippen LogP contribution in [0.4, 0.5) is 11.5 Å². The number of ether oxygens (including phenoxy) is 1. The molecule has 142 valence electrons. The highest BCUT2D eigenvalue weighted by atomic mass is 127. The van der Waals surface area contributed by atoms with Gasteiger partial charge < -0.3 is 20.7 Å². The SMILES string of the molecule is COc1cccc(NC(N)=NCc2cc(N(C)C)nc3ccccc23)c1.I. The predicted octanol–water partition coefficient (Wildman–Crippen LogP) is 3.85. The number of methoxy groups -OCH3 is 1. The first-order chi connectivity index (χ1) is 12.6. The lowest BCUT2D eigenvalue weighted by Gasteiger charge is -2.14. The summed E-state index contributed by atoms with van der Waals surface area (Å²) in [7, 11) is 5.58. The zero-order valence-electron chi connectivity index (χ0n) is 15.6. The van der Waals surface area contributed by atoms with Crippen LogP contribution in [0.3, 0.4) is 0 Å². The zero-order chi connectivity index (χ0) is 18.5. The normalized spacial score (nSPS) is 11.0. The Balaban J connectivity index is 0.00000261. The minimum Gasteiger partial charge on any atom is -0.497 e. The Morgan fingerprint density at radius 3 is 2.67 bits per heavy atom. The second-order valence-corrected chi connectivity index (χ2v) is 6.11. The third-order valence-corrected chi connectivity index (χ3v) is 4.01. The number of fused-ring (bicyclic) bond motifs is 1. The Hall–Kier alpha value is -2.55. The smallest absolute Gasteiger partial charge is 0.193 e. The molecular weight excluding hydrogens is 453 g/mol. The van der Waals surface area contributed by atoms with Crippen LogP contribution in [0.15, 0.2) is 59.6 Å². The summed E-state index contributed by atoms with van der Waals surface area (Å²) < 4.78 is 5.22. The van der Waals surface area contributed by atoms with Gasteiger partial charge in [-0.3, -0.25) is 0 Å². The van der Waals surface area contributed by atoms with E-state index in [1.54, 1.807) is 7.11 Å². The van der Waals surface area contributed by atoms with E-state index in [1.807, 2.05) is 67.5 Å². The predicted molar refractivity (Wildman–Crippen MR) is 123 cm³/mol. The van der Waals surface area contributed by atoms with Gasteiger partial charge in [0, 0.05) is 31.2 Å². The van der Waals surface area contributed by atoms with E-state index in [9.17, 15) is 0 Å². The second-order valence-electron chi connectivity index (χ2n) is 6.11. The number of anilines is 2. The van der Waals surface area contributed by atoms with Crippen molar-refractivity contribution in [1.82, 2.24) is 4.98 Å². The van der Waals surface area contributed by atoms with Gasteiger partial charge in [0.1, 0.15) is 11.6 Å². The van der Waals surface area contributed by atoms with Gasteiger partial charge in [0.05, 0.1) is 19.2 Å². The molecule has 3 aromatic rings. The summed E-state index contributed by atoms with van der Waals surface area (Å²) in [6.45, 7) is 0.465. The van der Waals surface area contributed by atoms with Crippen molar-refractivity contribution in [2.24, 2.45) is 10.7 Å². The molecule has 3 rings (SSSR count). The highest BCUT2D eigenvalue weighted by Gasteiger charge is 2.07. The monoisotopic (exact) mass is 477 g/mol. The van der Waals surface area contributed by atoms with Gasteiger partial charge in [0.15, 0.2) is 5.96 Å². The summed E-state index contributed by atoms with van der Waals surface area (Å²) in [6.07, 6.45) is 0. The van der Waals surface area contributed by atoms with Gasteiger partial charge in [0.2, 0.25) is 0 Å². The highest BCUT2D eigenvalue weighted by molar-refractivity contribution is 14.0. The maximum Gasteiger partial charge on any atom is 0.193 e. The van der Waals surface area contributed by atoms with E-state index in [-0.39, 0.29) is 24.0 Å². The van der Waals surface area contributed by atoms with E-state index in [1.165, 1.54) is 0 Å². The Morgan fingerprint density at radius 1 is 1.15 bits per heavy atom. The number of benzene rings is 2. The number of pyridine rings is 1. The van der Waals surface area contributed by atoms with Crippen molar-refractivity contribution in [2.45, 2.75) is 6.54 Å². The number of rotatable bonds is 5. The minimum atomic E-state index is 0. The molecule has 0 radical (unpaired) electrons. The van der Waals surface area contributed by atoms with Crippen LogP contribution < -0.4 is 20.7 Å². The molecule has 2 aromatic carbocycles.